The molecule has 5 aromatic rings. The largest absolute Gasteiger partial charge is 0.744 e. The van der Waals surface area contributed by atoms with E-state index in [0.29, 0.717) is 23.7 Å². The summed E-state index contributed by atoms with van der Waals surface area (Å²) in [4.78, 5) is 42.8. The van der Waals surface area contributed by atoms with Gasteiger partial charge >= 0.3 is 17.9 Å². The van der Waals surface area contributed by atoms with Gasteiger partial charge in [0, 0.05) is 26.4 Å². The van der Waals surface area contributed by atoms with E-state index in [-0.39, 0.29) is 33.6 Å². The first kappa shape index (κ1) is 43.1. The lowest BCUT2D eigenvalue weighted by Crippen LogP contribution is -2.51. The second-order valence-electron chi connectivity index (χ2n) is 14.7. The number of rotatable bonds is 8. The topological polar surface area (TPSA) is 175 Å². The third-order valence-electron chi connectivity index (χ3n) is 9.98. The Morgan fingerprint density at radius 3 is 2.22 bits per heavy atom. The average molecular weight is 821 g/mol. The number of likely N-dealkylation sites (tertiary alicyclic amines) is 1. The number of piperidine rings is 1. The number of hydrogen-bond acceptors (Lipinski definition) is 8. The fourth-order valence-electron chi connectivity index (χ4n) is 6.80. The van der Waals surface area contributed by atoms with Crippen molar-refractivity contribution in [1.82, 2.24) is 29.1 Å². The highest BCUT2D eigenvalue weighted by atomic mass is 32.2. The SMILES string of the molecule is Cc1c(-c2ccnn2-c2ccc(C#N)cc2)n(C(=O)NC(C)C(=O)N(C)CC2CC[N+](C)(C)CC2)c(=O)n1-c1cccc(C(F)(F)F)c1.O=S(=O)([O-])c1ccccc1. The van der Waals surface area contributed by atoms with Crippen LogP contribution in [0.3, 0.4) is 0 Å². The summed E-state index contributed by atoms with van der Waals surface area (Å²) in [7, 11) is 1.79. The number of quaternary nitrogens is 1. The molecule has 58 heavy (non-hydrogen) atoms. The highest BCUT2D eigenvalue weighted by Gasteiger charge is 2.33. The quantitative estimate of drug-likeness (QED) is 0.165. The van der Waals surface area contributed by atoms with Crippen LogP contribution < -0.4 is 11.0 Å². The van der Waals surface area contributed by atoms with Crippen LogP contribution in [0.2, 0.25) is 0 Å². The van der Waals surface area contributed by atoms with Crippen LogP contribution in [0, 0.1) is 24.2 Å². The lowest BCUT2D eigenvalue weighted by molar-refractivity contribution is -0.896. The number of hydrogen-bond donors (Lipinski definition) is 1. The van der Waals surface area contributed by atoms with Gasteiger partial charge in [0.05, 0.1) is 78.2 Å². The fraction of sp³-hybridized carbons (Fsp3) is 0.325. The van der Waals surface area contributed by atoms with Gasteiger partial charge in [0.15, 0.2) is 0 Å². The van der Waals surface area contributed by atoms with Crippen molar-refractivity contribution in [3.05, 3.63) is 118 Å². The van der Waals surface area contributed by atoms with E-state index in [4.69, 9.17) is 0 Å². The lowest BCUT2D eigenvalue weighted by atomic mass is 9.95. The summed E-state index contributed by atoms with van der Waals surface area (Å²) in [6.45, 7) is 5.58. The molecular formula is C40H43F3N8O6S. The molecule has 0 radical (unpaired) electrons. The molecule has 0 bridgehead atoms. The molecule has 306 valence electrons. The molecule has 2 amide bonds. The van der Waals surface area contributed by atoms with Gasteiger partial charge < -0.3 is 19.3 Å². The zero-order valence-corrected chi connectivity index (χ0v) is 33.3. The number of benzene rings is 3. The van der Waals surface area contributed by atoms with Crippen LogP contribution in [-0.4, -0.2) is 100 Å². The van der Waals surface area contributed by atoms with Crippen molar-refractivity contribution >= 4 is 22.1 Å². The Balaban J connectivity index is 0.000000559. The number of nitriles is 1. The predicted octanol–water partition coefficient (Wildman–Crippen LogP) is 5.17. The Kier molecular flexibility index (Phi) is 12.8. The van der Waals surface area contributed by atoms with Crippen molar-refractivity contribution in [2.75, 3.05) is 40.8 Å². The zero-order valence-electron chi connectivity index (χ0n) is 32.5. The number of alkyl halides is 3. The van der Waals surface area contributed by atoms with E-state index < -0.39 is 39.6 Å². The summed E-state index contributed by atoms with van der Waals surface area (Å²) in [5.41, 5.74) is -0.557. The molecule has 3 aromatic carbocycles. The molecular weight excluding hydrogens is 778 g/mol. The monoisotopic (exact) mass is 820 g/mol. The van der Waals surface area contributed by atoms with Crippen molar-refractivity contribution in [3.8, 4) is 28.8 Å². The van der Waals surface area contributed by atoms with Crippen LogP contribution in [-0.2, 0) is 21.1 Å². The minimum absolute atomic E-state index is 0.0627. The van der Waals surface area contributed by atoms with Crippen LogP contribution in [0.15, 0.2) is 101 Å². The number of amides is 2. The van der Waals surface area contributed by atoms with E-state index in [1.807, 2.05) is 6.07 Å². The molecule has 1 aliphatic rings. The second-order valence-corrected chi connectivity index (χ2v) is 16.1. The molecule has 0 spiro atoms. The first-order chi connectivity index (χ1) is 27.2. The molecule has 1 unspecified atom stereocenters. The maximum atomic E-state index is 14.1. The van der Waals surface area contributed by atoms with Crippen molar-refractivity contribution in [3.63, 3.8) is 0 Å². The Labute approximate surface area is 333 Å². The molecule has 0 saturated carbocycles. The summed E-state index contributed by atoms with van der Waals surface area (Å²) < 4.78 is 76.0. The average Bonchev–Trinajstić information content (AvgIpc) is 3.76. The Morgan fingerprint density at radius 2 is 1.66 bits per heavy atom. The van der Waals surface area contributed by atoms with Gasteiger partial charge in [0.2, 0.25) is 5.91 Å². The molecule has 6 rings (SSSR count). The maximum Gasteiger partial charge on any atom is 0.416 e. The Bertz CT molecular complexity index is 2480. The first-order valence-corrected chi connectivity index (χ1v) is 19.6. The van der Waals surface area contributed by atoms with Crippen molar-refractivity contribution in [1.29, 1.82) is 5.26 Å². The molecule has 1 fully saturated rings. The summed E-state index contributed by atoms with van der Waals surface area (Å²) >= 11 is 0. The number of aromatic nitrogens is 4. The third kappa shape index (κ3) is 9.91. The summed E-state index contributed by atoms with van der Waals surface area (Å²) in [5, 5.41) is 16.2. The lowest BCUT2D eigenvalue weighted by Gasteiger charge is -2.38. The predicted molar refractivity (Wildman–Crippen MR) is 207 cm³/mol. The fourth-order valence-corrected chi connectivity index (χ4v) is 7.29. The van der Waals surface area contributed by atoms with Gasteiger partial charge in [-0.15, -0.1) is 0 Å². The molecule has 0 aliphatic carbocycles. The van der Waals surface area contributed by atoms with E-state index in [1.165, 1.54) is 61.1 Å². The number of carbonyl (C=O) groups excluding carboxylic acids is 2. The van der Waals surface area contributed by atoms with Crippen LogP contribution >= 0.6 is 0 Å². The van der Waals surface area contributed by atoms with E-state index >= 15 is 0 Å². The Hall–Kier alpha value is -6.03. The molecule has 2 aromatic heterocycles. The van der Waals surface area contributed by atoms with Gasteiger partial charge in [0.1, 0.15) is 21.9 Å². The molecule has 1 N–H and O–H groups in total. The van der Waals surface area contributed by atoms with Gasteiger partial charge in [-0.25, -0.2) is 27.3 Å². The van der Waals surface area contributed by atoms with Crippen molar-refractivity contribution in [2.24, 2.45) is 5.92 Å². The van der Waals surface area contributed by atoms with E-state index in [0.717, 1.165) is 51.7 Å². The molecule has 1 saturated heterocycles. The highest BCUT2D eigenvalue weighted by molar-refractivity contribution is 7.85. The second kappa shape index (κ2) is 17.2. The van der Waals surface area contributed by atoms with Gasteiger partial charge in [0.25, 0.3) is 0 Å². The molecule has 3 heterocycles. The smallest absolute Gasteiger partial charge is 0.416 e. The number of halogens is 3. The van der Waals surface area contributed by atoms with Gasteiger partial charge in [-0.05, 0) is 80.4 Å². The number of nitrogens with one attached hydrogen (secondary N) is 1. The van der Waals surface area contributed by atoms with Crippen molar-refractivity contribution in [2.45, 2.75) is 43.8 Å². The number of nitrogens with zero attached hydrogens (tertiary/aromatic N) is 7. The number of likely N-dealkylation sites (N-methyl/N-ethyl adjacent to an activating group) is 1. The van der Waals surface area contributed by atoms with Crippen LogP contribution in [0.5, 0.6) is 0 Å². The van der Waals surface area contributed by atoms with Crippen molar-refractivity contribution < 1.29 is 40.2 Å². The van der Waals surface area contributed by atoms with Gasteiger partial charge in [-0.1, -0.05) is 24.3 Å². The molecule has 18 heteroatoms. The summed E-state index contributed by atoms with van der Waals surface area (Å²) in [6.07, 6.45) is -1.27. The van der Waals surface area contributed by atoms with Gasteiger partial charge in [-0.3, -0.25) is 9.36 Å². The van der Waals surface area contributed by atoms with Gasteiger partial charge in [-0.2, -0.15) is 23.5 Å². The first-order valence-electron chi connectivity index (χ1n) is 18.2. The number of carbonyl (C=O) groups is 2. The van der Waals surface area contributed by atoms with E-state index in [9.17, 15) is 45.8 Å². The van der Waals surface area contributed by atoms with E-state index in [2.05, 4.69) is 24.5 Å². The standard InChI is InChI=1S/C34H37F3N8O3.C6H6O3S/c1-22(31(46)41(3)21-25-14-17-45(4,5)18-15-25)40-32(47)43-30(29-13-16-39-44(29)27-11-9-24(20-38)10-12-27)23(2)42(33(43)48)28-8-6-7-26(19-28)34(35,36)37;7-10(8,9)6-4-2-1-3-5-6/h6-13,16,19,22,25H,14-15,17-18,21H2,1-5H3;1-5H,(H,7,8,9). The molecule has 1 atom stereocenters. The zero-order chi connectivity index (χ0) is 42.6. The number of imidazole rings is 1. The minimum Gasteiger partial charge on any atom is -0.744 e. The van der Waals surface area contributed by atoms with Crippen LogP contribution in [0.25, 0.3) is 22.8 Å². The Morgan fingerprint density at radius 1 is 1.02 bits per heavy atom. The third-order valence-corrected chi connectivity index (χ3v) is 10.8. The normalized spacial score (nSPS) is 14.8. The van der Waals surface area contributed by atoms with E-state index in [1.54, 1.807) is 48.3 Å². The highest BCUT2D eigenvalue weighted by Crippen LogP contribution is 2.32. The molecule has 14 nitrogen and oxygen atoms in total. The molecule has 1 aliphatic heterocycles. The maximum absolute atomic E-state index is 14.1. The van der Waals surface area contributed by atoms with Crippen LogP contribution in [0.4, 0.5) is 18.0 Å². The minimum atomic E-state index is -4.67. The summed E-state index contributed by atoms with van der Waals surface area (Å²) in [6, 6.07) is 19.6. The summed E-state index contributed by atoms with van der Waals surface area (Å²) in [5.74, 6) is -0.0113. The van der Waals surface area contributed by atoms with Crippen LogP contribution in [0.1, 0.15) is 36.6 Å².